The normalized spacial score (nSPS) is 11.5. The molecule has 0 atom stereocenters. The Morgan fingerprint density at radius 2 is 2.23 bits per heavy atom. The molecule has 0 saturated carbocycles. The predicted molar refractivity (Wildman–Crippen MR) is 53.6 cm³/mol. The number of benzene rings is 1. The lowest BCUT2D eigenvalue weighted by atomic mass is 10.2. The number of hydrogen-bond donors (Lipinski definition) is 1. The molecule has 0 spiro atoms. The Kier molecular flexibility index (Phi) is 1.98. The number of nitrogens with two attached hydrogens (primary N) is 1. The van der Waals surface area contributed by atoms with Crippen LogP contribution in [-0.4, -0.2) is 6.21 Å². The summed E-state index contributed by atoms with van der Waals surface area (Å²) in [5.41, 5.74) is 0.428. The van der Waals surface area contributed by atoms with Crippen LogP contribution in [0.2, 0.25) is 0 Å². The van der Waals surface area contributed by atoms with Gasteiger partial charge in [-0.2, -0.15) is 5.10 Å². The second-order valence-corrected chi connectivity index (χ2v) is 3.50. The molecule has 4 heteroatoms. The van der Waals surface area contributed by atoms with E-state index in [2.05, 4.69) is 5.10 Å². The van der Waals surface area contributed by atoms with E-state index in [9.17, 15) is 4.39 Å². The first kappa shape index (κ1) is 8.19. The molecule has 2 N–H and O–H groups in total. The van der Waals surface area contributed by atoms with Gasteiger partial charge in [0.1, 0.15) is 5.82 Å². The van der Waals surface area contributed by atoms with Crippen LogP contribution in [0.25, 0.3) is 10.1 Å². The molecule has 0 bridgehead atoms. The summed E-state index contributed by atoms with van der Waals surface area (Å²) in [4.78, 5) is 0. The topological polar surface area (TPSA) is 38.4 Å². The van der Waals surface area contributed by atoms with Gasteiger partial charge < -0.3 is 5.84 Å². The molecule has 1 aromatic carbocycles. The zero-order chi connectivity index (χ0) is 9.26. The van der Waals surface area contributed by atoms with E-state index >= 15 is 0 Å². The molecule has 2 rings (SSSR count). The van der Waals surface area contributed by atoms with Crippen molar-refractivity contribution in [2.45, 2.75) is 0 Å². The number of nitrogens with zero attached hydrogens (tertiary/aromatic N) is 1. The summed E-state index contributed by atoms with van der Waals surface area (Å²) in [5.74, 6) is 4.71. The van der Waals surface area contributed by atoms with E-state index in [0.717, 1.165) is 5.39 Å². The fourth-order valence-electron chi connectivity index (χ4n) is 1.19. The smallest absolute Gasteiger partial charge is 0.149 e. The molecule has 2 aromatic rings. The maximum atomic E-state index is 13.6. The van der Waals surface area contributed by atoms with Gasteiger partial charge in [-0.25, -0.2) is 4.39 Å². The summed E-state index contributed by atoms with van der Waals surface area (Å²) in [7, 11) is 0. The van der Waals surface area contributed by atoms with Crippen LogP contribution in [0.3, 0.4) is 0 Å². The molecule has 0 fully saturated rings. The summed E-state index contributed by atoms with van der Waals surface area (Å²) < 4.78 is 14.2. The fourth-order valence-corrected chi connectivity index (χ4v) is 2.04. The van der Waals surface area contributed by atoms with Crippen molar-refractivity contribution in [2.24, 2.45) is 10.9 Å². The van der Waals surface area contributed by atoms with Crippen molar-refractivity contribution >= 4 is 27.6 Å². The van der Waals surface area contributed by atoms with Crippen LogP contribution in [0.5, 0.6) is 0 Å². The third-order valence-electron chi connectivity index (χ3n) is 1.80. The average Bonchev–Trinajstić information content (AvgIpc) is 2.58. The minimum absolute atomic E-state index is 0.248. The van der Waals surface area contributed by atoms with Gasteiger partial charge in [-0.05, 0) is 22.9 Å². The van der Waals surface area contributed by atoms with Crippen LogP contribution in [0.4, 0.5) is 4.39 Å². The van der Waals surface area contributed by atoms with Crippen molar-refractivity contribution in [3.05, 3.63) is 35.0 Å². The van der Waals surface area contributed by atoms with E-state index in [4.69, 9.17) is 5.84 Å². The number of hydrogen-bond acceptors (Lipinski definition) is 3. The van der Waals surface area contributed by atoms with Crippen LogP contribution < -0.4 is 5.84 Å². The van der Waals surface area contributed by atoms with Crippen LogP contribution in [-0.2, 0) is 0 Å². The minimum atomic E-state index is -0.248. The molecule has 66 valence electrons. The molecule has 0 radical (unpaired) electrons. The highest BCUT2D eigenvalue weighted by molar-refractivity contribution is 7.17. The largest absolute Gasteiger partial charge is 0.323 e. The summed E-state index contributed by atoms with van der Waals surface area (Å²) >= 11 is 1.38. The Labute approximate surface area is 78.5 Å². The Hall–Kier alpha value is -1.42. The number of thiophene rings is 1. The Bertz CT molecular complexity index is 462. The molecule has 0 aliphatic heterocycles. The van der Waals surface area contributed by atoms with Gasteiger partial charge in [0.25, 0.3) is 0 Å². The van der Waals surface area contributed by atoms with Crippen LogP contribution in [0, 0.1) is 5.82 Å². The highest BCUT2D eigenvalue weighted by Crippen LogP contribution is 2.25. The van der Waals surface area contributed by atoms with Gasteiger partial charge in [0.05, 0.1) is 10.9 Å². The monoisotopic (exact) mass is 194 g/mol. The highest BCUT2D eigenvalue weighted by atomic mass is 32.1. The molecule has 0 aliphatic carbocycles. The average molecular weight is 194 g/mol. The lowest BCUT2D eigenvalue weighted by molar-refractivity contribution is 0.640. The molecule has 0 aliphatic rings. The third-order valence-corrected chi connectivity index (χ3v) is 2.73. The predicted octanol–water partition coefficient (Wildman–Crippen LogP) is 2.33. The van der Waals surface area contributed by atoms with Crippen molar-refractivity contribution in [3.63, 3.8) is 0 Å². The number of hydrazone groups is 1. The second kappa shape index (κ2) is 3.14. The zero-order valence-corrected chi connectivity index (χ0v) is 7.51. The van der Waals surface area contributed by atoms with Crippen molar-refractivity contribution in [3.8, 4) is 0 Å². The van der Waals surface area contributed by atoms with E-state index in [1.807, 2.05) is 17.5 Å². The van der Waals surface area contributed by atoms with Gasteiger partial charge in [0.15, 0.2) is 0 Å². The van der Waals surface area contributed by atoms with E-state index in [-0.39, 0.29) is 5.82 Å². The van der Waals surface area contributed by atoms with Crippen molar-refractivity contribution < 1.29 is 4.39 Å². The summed E-state index contributed by atoms with van der Waals surface area (Å²) in [6.07, 6.45) is 1.31. The maximum Gasteiger partial charge on any atom is 0.149 e. The van der Waals surface area contributed by atoms with Gasteiger partial charge in [0.2, 0.25) is 0 Å². The van der Waals surface area contributed by atoms with E-state index < -0.39 is 0 Å². The van der Waals surface area contributed by atoms with E-state index in [1.165, 1.54) is 17.6 Å². The van der Waals surface area contributed by atoms with Crippen molar-refractivity contribution in [2.75, 3.05) is 0 Å². The van der Waals surface area contributed by atoms with Gasteiger partial charge in [-0.15, -0.1) is 11.3 Å². The van der Waals surface area contributed by atoms with Gasteiger partial charge in [-0.1, -0.05) is 6.07 Å². The quantitative estimate of drug-likeness (QED) is 0.422. The molecule has 0 saturated heterocycles. The van der Waals surface area contributed by atoms with Crippen molar-refractivity contribution in [1.82, 2.24) is 0 Å². The SMILES string of the molecule is NN=Cc1ccc2ccsc2c1F. The summed E-state index contributed by atoms with van der Waals surface area (Å²) in [6, 6.07) is 5.40. The second-order valence-electron chi connectivity index (χ2n) is 2.59. The Morgan fingerprint density at radius 1 is 1.38 bits per heavy atom. The molecule has 2 nitrogen and oxygen atoms in total. The fraction of sp³-hybridized carbons (Fsp3) is 0. The minimum Gasteiger partial charge on any atom is -0.323 e. The molecule has 0 amide bonds. The molecular weight excluding hydrogens is 187 g/mol. The van der Waals surface area contributed by atoms with E-state index in [1.54, 1.807) is 6.07 Å². The molecular formula is C9H7FN2S. The van der Waals surface area contributed by atoms with Crippen LogP contribution in [0.15, 0.2) is 28.7 Å². The lowest BCUT2D eigenvalue weighted by Crippen LogP contribution is -1.90. The number of halogens is 1. The molecule has 0 unspecified atom stereocenters. The van der Waals surface area contributed by atoms with Gasteiger partial charge in [-0.3, -0.25) is 0 Å². The van der Waals surface area contributed by atoms with Crippen molar-refractivity contribution in [1.29, 1.82) is 0 Å². The third kappa shape index (κ3) is 1.29. The first-order valence-electron chi connectivity index (χ1n) is 3.72. The summed E-state index contributed by atoms with van der Waals surface area (Å²) in [5, 5.41) is 6.07. The summed E-state index contributed by atoms with van der Waals surface area (Å²) in [6.45, 7) is 0. The zero-order valence-electron chi connectivity index (χ0n) is 6.70. The lowest BCUT2D eigenvalue weighted by Gasteiger charge is -1.96. The standard InChI is InChI=1S/C9H7FN2S/c10-8-7(5-12-11)2-1-6-3-4-13-9(6)8/h1-5H,11H2. The number of rotatable bonds is 1. The number of fused-ring (bicyclic) bond motifs is 1. The highest BCUT2D eigenvalue weighted by Gasteiger charge is 2.05. The Balaban J connectivity index is 2.73. The molecule has 1 heterocycles. The maximum absolute atomic E-state index is 13.6. The Morgan fingerprint density at radius 3 is 3.00 bits per heavy atom. The molecule has 1 aromatic heterocycles. The first-order chi connectivity index (χ1) is 6.33. The van der Waals surface area contributed by atoms with Gasteiger partial charge in [0, 0.05) is 5.56 Å². The van der Waals surface area contributed by atoms with Crippen LogP contribution in [0.1, 0.15) is 5.56 Å². The molecule has 13 heavy (non-hydrogen) atoms. The first-order valence-corrected chi connectivity index (χ1v) is 4.60. The van der Waals surface area contributed by atoms with E-state index in [0.29, 0.717) is 10.3 Å². The van der Waals surface area contributed by atoms with Crippen LogP contribution >= 0.6 is 11.3 Å². The van der Waals surface area contributed by atoms with Gasteiger partial charge >= 0.3 is 0 Å².